The highest BCUT2D eigenvalue weighted by atomic mass is 16.7. The molecule has 0 aromatic carbocycles. The Balaban J connectivity index is 2.28. The Morgan fingerprint density at radius 3 is 1.27 bits per heavy atom. The number of unbranched alkanes of at least 4 members (excludes halogenated alkanes) is 31. The number of hydrogen-bond acceptors (Lipinski definition) is 8. The van der Waals surface area contributed by atoms with Gasteiger partial charge in [0.2, 0.25) is 5.91 Å². The highest BCUT2D eigenvalue weighted by molar-refractivity contribution is 5.76. The van der Waals surface area contributed by atoms with Crippen LogP contribution >= 0.6 is 0 Å². The van der Waals surface area contributed by atoms with Gasteiger partial charge in [0.25, 0.3) is 0 Å². The topological polar surface area (TPSA) is 149 Å². The lowest BCUT2D eigenvalue weighted by Crippen LogP contribution is -2.60. The number of ether oxygens (including phenoxy) is 2. The molecule has 0 radical (unpaired) electrons. The molecule has 0 aliphatic carbocycles. The van der Waals surface area contributed by atoms with Gasteiger partial charge < -0.3 is 40.3 Å². The van der Waals surface area contributed by atoms with Gasteiger partial charge in [-0.15, -0.1) is 0 Å². The minimum atomic E-state index is -1.55. The van der Waals surface area contributed by atoms with Gasteiger partial charge in [-0.1, -0.05) is 219 Å². The molecular weight excluding hydrogens is 707 g/mol. The molecule has 1 heterocycles. The number of aliphatic hydroxyl groups is 5. The molecule has 2 unspecified atom stereocenters. The molecule has 1 aliphatic heterocycles. The SMILES string of the molecule is CCCCCCCCCCCCCCCCCCCCC(=O)N[C@@H](CO[C@@H]1O[C@H](CO)[C@@H](O)C(O)C1O)[C@H](O)CCCCCCCCCCCCCCCCC. The number of nitrogens with one attached hydrogen (secondary N) is 1. The smallest absolute Gasteiger partial charge is 0.220 e. The van der Waals surface area contributed by atoms with Gasteiger partial charge >= 0.3 is 0 Å². The molecule has 6 N–H and O–H groups in total. The molecule has 1 amide bonds. The van der Waals surface area contributed by atoms with E-state index in [0.29, 0.717) is 12.8 Å². The minimum absolute atomic E-state index is 0.131. The van der Waals surface area contributed by atoms with Gasteiger partial charge in [0.1, 0.15) is 24.4 Å². The second-order valence-electron chi connectivity index (χ2n) is 17.3. The maximum atomic E-state index is 13.0. The fourth-order valence-electron chi connectivity index (χ4n) is 8.04. The Kier molecular flexibility index (Phi) is 36.5. The zero-order valence-electron chi connectivity index (χ0n) is 36.7. The van der Waals surface area contributed by atoms with E-state index in [4.69, 9.17) is 9.47 Å². The molecule has 1 fully saturated rings. The largest absolute Gasteiger partial charge is 0.394 e. The van der Waals surface area contributed by atoms with Crippen LogP contribution in [0.4, 0.5) is 0 Å². The minimum Gasteiger partial charge on any atom is -0.394 e. The molecule has 334 valence electrons. The first kappa shape index (κ1) is 53.2. The summed E-state index contributed by atoms with van der Waals surface area (Å²) in [6.45, 7) is 3.86. The van der Waals surface area contributed by atoms with Gasteiger partial charge in [0.15, 0.2) is 6.29 Å². The summed E-state index contributed by atoms with van der Waals surface area (Å²) >= 11 is 0. The molecule has 1 rings (SSSR count). The number of carbonyl (C=O) groups is 1. The fraction of sp³-hybridized carbons (Fsp3) is 0.979. The summed E-state index contributed by atoms with van der Waals surface area (Å²) in [5.74, 6) is -0.139. The zero-order chi connectivity index (χ0) is 40.9. The summed E-state index contributed by atoms with van der Waals surface area (Å²) in [4.78, 5) is 13.0. The van der Waals surface area contributed by atoms with Crippen molar-refractivity contribution >= 4 is 5.91 Å². The lowest BCUT2D eigenvalue weighted by Gasteiger charge is -2.40. The van der Waals surface area contributed by atoms with Crippen LogP contribution in [0.1, 0.15) is 239 Å². The van der Waals surface area contributed by atoms with Crippen LogP contribution in [0.25, 0.3) is 0 Å². The van der Waals surface area contributed by atoms with E-state index < -0.39 is 49.5 Å². The number of carbonyl (C=O) groups excluding carboxylic acids is 1. The van der Waals surface area contributed by atoms with Gasteiger partial charge in [-0.25, -0.2) is 0 Å². The van der Waals surface area contributed by atoms with Gasteiger partial charge in [-0.05, 0) is 12.8 Å². The van der Waals surface area contributed by atoms with Crippen molar-refractivity contribution < 1.29 is 39.8 Å². The second kappa shape index (κ2) is 38.4. The van der Waals surface area contributed by atoms with E-state index in [0.717, 1.165) is 38.5 Å². The lowest BCUT2D eigenvalue weighted by molar-refractivity contribution is -0.302. The predicted molar refractivity (Wildman–Crippen MR) is 231 cm³/mol. The third-order valence-corrected chi connectivity index (χ3v) is 12.0. The van der Waals surface area contributed by atoms with E-state index in [1.54, 1.807) is 0 Å². The first-order chi connectivity index (χ1) is 27.3. The molecule has 1 saturated heterocycles. The lowest BCUT2D eigenvalue weighted by atomic mass is 9.99. The number of amides is 1. The maximum Gasteiger partial charge on any atom is 0.220 e. The van der Waals surface area contributed by atoms with Crippen LogP contribution in [0.15, 0.2) is 0 Å². The summed E-state index contributed by atoms with van der Waals surface area (Å²) in [5.41, 5.74) is 0. The van der Waals surface area contributed by atoms with Crippen molar-refractivity contribution in [2.24, 2.45) is 0 Å². The Labute approximate surface area is 344 Å². The van der Waals surface area contributed by atoms with Crippen molar-refractivity contribution in [1.29, 1.82) is 0 Å². The van der Waals surface area contributed by atoms with E-state index in [2.05, 4.69) is 19.2 Å². The third-order valence-electron chi connectivity index (χ3n) is 12.0. The Bertz CT molecular complexity index is 847. The highest BCUT2D eigenvalue weighted by Gasteiger charge is 2.44. The molecule has 9 nitrogen and oxygen atoms in total. The molecule has 1 aliphatic rings. The summed E-state index contributed by atoms with van der Waals surface area (Å²) in [6.07, 6.45) is 35.3. The van der Waals surface area contributed by atoms with Crippen LogP contribution in [0.2, 0.25) is 0 Å². The van der Waals surface area contributed by atoms with Gasteiger partial charge in [0.05, 0.1) is 25.4 Å². The summed E-state index contributed by atoms with van der Waals surface area (Å²) in [6, 6.07) is -0.711. The molecule has 56 heavy (non-hydrogen) atoms. The van der Waals surface area contributed by atoms with Crippen LogP contribution in [0, 0.1) is 0 Å². The molecule has 0 aromatic rings. The molecule has 0 bridgehead atoms. The summed E-state index contributed by atoms with van der Waals surface area (Å²) in [7, 11) is 0. The van der Waals surface area contributed by atoms with E-state index in [9.17, 15) is 30.3 Å². The number of rotatable bonds is 41. The number of hydrogen-bond donors (Lipinski definition) is 6. The molecule has 7 atom stereocenters. The van der Waals surface area contributed by atoms with E-state index in [-0.39, 0.29) is 12.5 Å². The first-order valence-corrected chi connectivity index (χ1v) is 24.2. The van der Waals surface area contributed by atoms with Gasteiger partial charge in [-0.2, -0.15) is 0 Å². The molecule has 0 saturated carbocycles. The average molecular weight is 800 g/mol. The molecule has 0 spiro atoms. The van der Waals surface area contributed by atoms with E-state index in [1.165, 1.54) is 173 Å². The Hall–Kier alpha value is -0.810. The van der Waals surface area contributed by atoms with Crippen molar-refractivity contribution in [3.8, 4) is 0 Å². The van der Waals surface area contributed by atoms with E-state index >= 15 is 0 Å². The zero-order valence-corrected chi connectivity index (χ0v) is 36.7. The number of aliphatic hydroxyl groups excluding tert-OH is 5. The summed E-state index contributed by atoms with van der Waals surface area (Å²) in [5, 5.41) is 54.4. The maximum absolute atomic E-state index is 13.0. The molecular formula is C47H93NO8. The van der Waals surface area contributed by atoms with Crippen molar-refractivity contribution in [2.45, 2.75) is 281 Å². The predicted octanol–water partition coefficient (Wildman–Crippen LogP) is 10.3. The van der Waals surface area contributed by atoms with Crippen LogP contribution < -0.4 is 5.32 Å². The van der Waals surface area contributed by atoms with Crippen LogP contribution in [-0.4, -0.2) is 87.5 Å². The monoisotopic (exact) mass is 800 g/mol. The average Bonchev–Trinajstić information content (AvgIpc) is 3.20. The Morgan fingerprint density at radius 1 is 0.536 bits per heavy atom. The van der Waals surface area contributed by atoms with Crippen molar-refractivity contribution in [1.82, 2.24) is 5.32 Å². The van der Waals surface area contributed by atoms with Crippen LogP contribution in [0.5, 0.6) is 0 Å². The van der Waals surface area contributed by atoms with E-state index in [1.807, 2.05) is 0 Å². The van der Waals surface area contributed by atoms with Gasteiger partial charge in [-0.3, -0.25) is 4.79 Å². The normalized spacial score (nSPS) is 21.0. The fourth-order valence-corrected chi connectivity index (χ4v) is 8.04. The van der Waals surface area contributed by atoms with Crippen LogP contribution in [0.3, 0.4) is 0 Å². The van der Waals surface area contributed by atoms with Crippen molar-refractivity contribution in [3.63, 3.8) is 0 Å². The molecule has 9 heteroatoms. The first-order valence-electron chi connectivity index (χ1n) is 24.2. The summed E-state index contributed by atoms with van der Waals surface area (Å²) < 4.78 is 11.3. The van der Waals surface area contributed by atoms with Gasteiger partial charge in [0, 0.05) is 6.42 Å². The van der Waals surface area contributed by atoms with Crippen molar-refractivity contribution in [2.75, 3.05) is 13.2 Å². The Morgan fingerprint density at radius 2 is 0.893 bits per heavy atom. The molecule has 0 aromatic heterocycles. The van der Waals surface area contributed by atoms with Crippen molar-refractivity contribution in [3.05, 3.63) is 0 Å². The third kappa shape index (κ3) is 28.6. The quantitative estimate of drug-likeness (QED) is 0.0335. The second-order valence-corrected chi connectivity index (χ2v) is 17.3. The standard InChI is InChI=1S/C47H93NO8/c1-3-5-7-9-11-13-15-17-19-20-21-23-25-27-29-31-33-35-37-43(51)48-40(39-55-47-46(54)45(53)44(52)42(38-49)56-47)41(50)36-34-32-30-28-26-24-22-18-16-14-12-10-8-6-4-2/h40-42,44-47,49-50,52-54H,3-39H2,1-2H3,(H,48,51)/t40-,41+,42+,44+,45?,46?,47+/m0/s1. The van der Waals surface area contributed by atoms with Crippen LogP contribution in [-0.2, 0) is 14.3 Å². The highest BCUT2D eigenvalue weighted by Crippen LogP contribution is 2.23.